The molecule has 0 spiro atoms. The molecule has 0 aromatic carbocycles. The maximum Gasteiger partial charge on any atom is 3.00 e. The summed E-state index contributed by atoms with van der Waals surface area (Å²) in [5.41, 5.74) is 0. The van der Waals surface area contributed by atoms with Gasteiger partial charge in [0.2, 0.25) is 0 Å². The second-order valence-corrected chi connectivity index (χ2v) is 21.8. The molecular formula is C48H102NdO12P3. The molecule has 12 nitrogen and oxygen atoms in total. The maximum absolute atomic E-state index is 11.8. The molecule has 16 heteroatoms. The number of hydrogen-bond acceptors (Lipinski definition) is 12. The molecule has 0 heterocycles. The summed E-state index contributed by atoms with van der Waals surface area (Å²) >= 11 is 0. The predicted octanol–water partition coefficient (Wildman–Crippen LogP) is 14.8. The topological polar surface area (TPSA) is 176 Å². The van der Waals surface area contributed by atoms with Crippen LogP contribution in [0.3, 0.4) is 0 Å². The number of rotatable bonds is 42. The Bertz CT molecular complexity index is 919. The predicted molar refractivity (Wildman–Crippen MR) is 258 cm³/mol. The van der Waals surface area contributed by atoms with Crippen molar-refractivity contribution in [1.29, 1.82) is 0 Å². The summed E-state index contributed by atoms with van der Waals surface area (Å²) < 4.78 is 65.7. The molecule has 0 bridgehead atoms. The Labute approximate surface area is 429 Å². The Kier molecular flexibility index (Phi) is 54.5. The van der Waals surface area contributed by atoms with E-state index < -0.39 is 23.5 Å². The summed E-state index contributed by atoms with van der Waals surface area (Å²) in [6, 6.07) is 0. The van der Waals surface area contributed by atoms with Gasteiger partial charge in [-0.05, 0) is 74.0 Å². The van der Waals surface area contributed by atoms with Crippen molar-refractivity contribution < 1.29 is 96.4 Å². The van der Waals surface area contributed by atoms with Gasteiger partial charge in [-0.15, -0.1) is 0 Å². The van der Waals surface area contributed by atoms with Crippen molar-refractivity contribution in [3.05, 3.63) is 0 Å². The molecule has 0 aromatic heterocycles. The van der Waals surface area contributed by atoms with Crippen molar-refractivity contribution >= 4 is 23.5 Å². The molecule has 0 aromatic rings. The van der Waals surface area contributed by atoms with Crippen molar-refractivity contribution in [2.24, 2.45) is 35.5 Å². The fraction of sp³-hybridized carbons (Fsp3) is 1.00. The number of unbranched alkanes of at least 4 members (excludes halogenated alkanes) is 6. The Balaban J connectivity index is -0.000000419. The van der Waals surface area contributed by atoms with Gasteiger partial charge in [-0.3, -0.25) is 13.7 Å². The van der Waals surface area contributed by atoms with E-state index in [2.05, 4.69) is 83.1 Å². The molecule has 0 N–H and O–H groups in total. The van der Waals surface area contributed by atoms with Crippen LogP contribution in [0.15, 0.2) is 0 Å². The zero-order chi connectivity index (χ0) is 48.4. The SMILES string of the molecule is CCCCC(CC)COP(=O)([O-])OCC(CC)CCCC.CCCCC(CC)COP(=O)([O-])OCC(CC)CCCC.CCCCC(CC)COP(=O)([O-])OCC(CC)CCCC.[Nd+3]. The summed E-state index contributed by atoms with van der Waals surface area (Å²) in [6.45, 7) is 26.7. The Morgan fingerprint density at radius 1 is 0.297 bits per heavy atom. The van der Waals surface area contributed by atoms with E-state index in [1.54, 1.807) is 0 Å². The van der Waals surface area contributed by atoms with Gasteiger partial charge in [0.15, 0.2) is 0 Å². The summed E-state index contributed by atoms with van der Waals surface area (Å²) in [6.07, 6.45) is 25.1. The molecule has 1 radical (unpaired) electrons. The van der Waals surface area contributed by atoms with Crippen molar-refractivity contribution in [3.63, 3.8) is 0 Å². The van der Waals surface area contributed by atoms with Gasteiger partial charge in [-0.25, -0.2) is 0 Å². The van der Waals surface area contributed by atoms with Gasteiger partial charge in [0, 0.05) is 0 Å². The Morgan fingerprint density at radius 3 is 0.516 bits per heavy atom. The molecule has 385 valence electrons. The summed E-state index contributed by atoms with van der Waals surface area (Å²) in [5.74, 6) is 1.82. The first-order valence-corrected chi connectivity index (χ1v) is 30.1. The van der Waals surface area contributed by atoms with Crippen LogP contribution in [-0.2, 0) is 40.8 Å². The third-order valence-electron chi connectivity index (χ3n) is 12.1. The average Bonchev–Trinajstić information content (AvgIpc) is 3.27. The fourth-order valence-corrected chi connectivity index (χ4v) is 9.26. The standard InChI is InChI=1S/3C16H35O4P.Nd/c3*1-5-9-11-15(7-3)13-19-21(17,18)20-14-16(8-4)12-10-6-2;/h3*15-16H,5-14H2,1-4H3,(H,17,18);/q;;;+3/p-3. The monoisotopic (exact) mass is 1110 g/mol. The van der Waals surface area contributed by atoms with Crippen LogP contribution in [0.4, 0.5) is 0 Å². The van der Waals surface area contributed by atoms with Crippen LogP contribution in [0.5, 0.6) is 0 Å². The van der Waals surface area contributed by atoms with Crippen LogP contribution in [0.2, 0.25) is 0 Å². The van der Waals surface area contributed by atoms with Crippen LogP contribution < -0.4 is 14.7 Å². The minimum atomic E-state index is -4.14. The maximum atomic E-state index is 11.8. The molecule has 0 saturated carbocycles. The zero-order valence-corrected chi connectivity index (χ0v) is 49.3. The molecule has 64 heavy (non-hydrogen) atoms. The van der Waals surface area contributed by atoms with Crippen LogP contribution in [0, 0.1) is 76.3 Å². The van der Waals surface area contributed by atoms with Gasteiger partial charge in [-0.2, -0.15) is 0 Å². The van der Waals surface area contributed by atoms with E-state index in [1.165, 1.54) is 0 Å². The van der Waals surface area contributed by atoms with E-state index in [0.29, 0.717) is 35.5 Å². The quantitative estimate of drug-likeness (QED) is 0.0530. The van der Waals surface area contributed by atoms with Gasteiger partial charge in [0.05, 0.1) is 39.6 Å². The molecule has 0 saturated heterocycles. The summed E-state index contributed by atoms with van der Waals surface area (Å²) in [4.78, 5) is 35.4. The van der Waals surface area contributed by atoms with Gasteiger partial charge in [0.1, 0.15) is 0 Å². The van der Waals surface area contributed by atoms with Gasteiger partial charge in [-0.1, -0.05) is 199 Å². The van der Waals surface area contributed by atoms with E-state index in [4.69, 9.17) is 27.1 Å². The molecular weight excluding hydrogens is 1010 g/mol. The first-order chi connectivity index (χ1) is 30.0. The van der Waals surface area contributed by atoms with Crippen LogP contribution in [-0.4, -0.2) is 39.6 Å². The van der Waals surface area contributed by atoms with E-state index in [9.17, 15) is 28.4 Å². The van der Waals surface area contributed by atoms with Gasteiger partial charge in [0.25, 0.3) is 23.5 Å². The number of phosphoric ester groups is 3. The van der Waals surface area contributed by atoms with Crippen LogP contribution >= 0.6 is 23.5 Å². The van der Waals surface area contributed by atoms with Crippen LogP contribution in [0.25, 0.3) is 0 Å². The van der Waals surface area contributed by atoms with Gasteiger partial charge < -0.3 is 41.8 Å². The number of hydrogen-bond donors (Lipinski definition) is 0. The molecule has 0 aliphatic rings. The molecule has 0 aliphatic heterocycles. The second kappa shape index (κ2) is 48.3. The van der Waals surface area contributed by atoms with E-state index in [-0.39, 0.29) is 80.5 Å². The van der Waals surface area contributed by atoms with Crippen molar-refractivity contribution in [2.75, 3.05) is 39.6 Å². The summed E-state index contributed by atoms with van der Waals surface area (Å²) in [7, 11) is -12.4. The smallest absolute Gasteiger partial charge is 0.756 e. The second-order valence-electron chi connectivity index (χ2n) is 17.6. The molecule has 0 rings (SSSR count). The minimum Gasteiger partial charge on any atom is -0.756 e. The van der Waals surface area contributed by atoms with Crippen molar-refractivity contribution in [3.8, 4) is 0 Å². The third-order valence-corrected chi connectivity index (χ3v) is 14.9. The molecule has 6 unspecified atom stereocenters. The number of phosphoric acid groups is 3. The van der Waals surface area contributed by atoms with E-state index >= 15 is 0 Å². The van der Waals surface area contributed by atoms with Crippen molar-refractivity contribution in [2.45, 2.75) is 237 Å². The third kappa shape index (κ3) is 46.1. The molecule has 6 atom stereocenters. The molecule has 0 aliphatic carbocycles. The first kappa shape index (κ1) is 72.2. The minimum absolute atomic E-state index is 0. The van der Waals surface area contributed by atoms with Gasteiger partial charge >= 0.3 is 40.8 Å². The Hall–Kier alpha value is 1.68. The van der Waals surface area contributed by atoms with E-state index in [1.807, 2.05) is 0 Å². The van der Waals surface area contributed by atoms with Crippen LogP contribution in [0.1, 0.15) is 237 Å². The average molecular weight is 1110 g/mol. The normalized spacial score (nSPS) is 17.1. The first-order valence-electron chi connectivity index (χ1n) is 25.8. The molecule has 0 fully saturated rings. The Morgan fingerprint density at radius 2 is 0.422 bits per heavy atom. The largest absolute Gasteiger partial charge is 3.00 e. The summed E-state index contributed by atoms with van der Waals surface area (Å²) in [5, 5.41) is 0. The zero-order valence-electron chi connectivity index (χ0n) is 43.4. The van der Waals surface area contributed by atoms with E-state index in [0.717, 1.165) is 154 Å². The molecule has 0 amide bonds. The fourth-order valence-electron chi connectivity index (χ4n) is 6.68. The van der Waals surface area contributed by atoms with Crippen molar-refractivity contribution in [1.82, 2.24) is 0 Å².